The molecule has 0 aromatic heterocycles. The van der Waals surface area contributed by atoms with Crippen LogP contribution in [0.4, 0.5) is 10.5 Å². The Morgan fingerprint density at radius 1 is 1.14 bits per heavy atom. The molecule has 1 aromatic carbocycles. The van der Waals surface area contributed by atoms with Gasteiger partial charge >= 0.3 is 6.03 Å². The van der Waals surface area contributed by atoms with Crippen LogP contribution in [0.5, 0.6) is 0 Å². The average molecular weight is 530 g/mol. The SMILES string of the molecule is Cc1cc(N2C(=O)CNC2=O)ccc1CCS(=O)(=O)N1CCC2(CC1)N=C([C@H]1CCC[C@@H](C)C1)NC2=O. The minimum Gasteiger partial charge on any atom is -0.328 e. The van der Waals surface area contributed by atoms with Gasteiger partial charge in [0, 0.05) is 19.0 Å². The lowest BCUT2D eigenvalue weighted by Gasteiger charge is -2.34. The molecule has 1 aliphatic carbocycles. The fourth-order valence-corrected chi connectivity index (χ4v) is 7.52. The number of aliphatic imine (C=N–C) groups is 1. The number of anilines is 1. The van der Waals surface area contributed by atoms with Crippen molar-refractivity contribution in [1.82, 2.24) is 14.9 Å². The van der Waals surface area contributed by atoms with E-state index in [-0.39, 0.29) is 37.2 Å². The molecule has 11 heteroatoms. The van der Waals surface area contributed by atoms with Gasteiger partial charge in [0.1, 0.15) is 11.4 Å². The third-order valence-electron chi connectivity index (χ3n) is 8.32. The molecule has 1 saturated carbocycles. The molecule has 3 fully saturated rings. The van der Waals surface area contributed by atoms with Crippen LogP contribution < -0.4 is 15.5 Å². The summed E-state index contributed by atoms with van der Waals surface area (Å²) in [6.45, 7) is 4.61. The van der Waals surface area contributed by atoms with Crippen molar-refractivity contribution in [3.63, 3.8) is 0 Å². The van der Waals surface area contributed by atoms with Gasteiger partial charge in [0.25, 0.3) is 11.8 Å². The molecule has 1 spiro atoms. The lowest BCUT2D eigenvalue weighted by molar-refractivity contribution is -0.125. The Bertz CT molecular complexity index is 1240. The third kappa shape index (κ3) is 5.03. The summed E-state index contributed by atoms with van der Waals surface area (Å²) >= 11 is 0. The van der Waals surface area contributed by atoms with E-state index >= 15 is 0 Å². The molecule has 3 aliphatic heterocycles. The standard InChI is InChI=1S/C26H35N5O5S/c1-17-4-3-5-20(14-17)23-28-24(33)26(29-23)9-11-30(12-10-26)37(35,36)13-8-19-6-7-21(15-18(19)2)31-22(32)16-27-25(31)34/h6-7,15,17,20H,3-5,8-14,16H2,1-2H3,(H,27,34)(H,28,29,33)/t17-,20+/m1/s1. The average Bonchev–Trinajstić information content (AvgIpc) is 3.36. The Kier molecular flexibility index (Phi) is 6.86. The normalized spacial score (nSPS) is 26.4. The number of hydrogen-bond acceptors (Lipinski definition) is 6. The number of piperidine rings is 1. The molecule has 4 aliphatic rings. The summed E-state index contributed by atoms with van der Waals surface area (Å²) in [6.07, 6.45) is 5.55. The molecule has 0 unspecified atom stereocenters. The van der Waals surface area contributed by atoms with Crippen LogP contribution in [0.1, 0.15) is 56.6 Å². The first-order valence-corrected chi connectivity index (χ1v) is 14.8. The van der Waals surface area contributed by atoms with Crippen molar-refractivity contribution >= 4 is 39.4 Å². The number of carbonyl (C=O) groups excluding carboxylic acids is 3. The third-order valence-corrected chi connectivity index (χ3v) is 10.2. The molecule has 37 heavy (non-hydrogen) atoms. The maximum Gasteiger partial charge on any atom is 0.329 e. The van der Waals surface area contributed by atoms with Crippen LogP contribution in [0.3, 0.4) is 0 Å². The van der Waals surface area contributed by atoms with Gasteiger partial charge in [-0.05, 0) is 68.2 Å². The minimum absolute atomic E-state index is 0.0247. The molecule has 4 amide bonds. The maximum atomic E-state index is 13.1. The van der Waals surface area contributed by atoms with E-state index in [4.69, 9.17) is 4.99 Å². The molecule has 3 heterocycles. The second kappa shape index (κ2) is 9.83. The number of imide groups is 1. The molecular formula is C26H35N5O5S. The molecule has 2 saturated heterocycles. The lowest BCUT2D eigenvalue weighted by Crippen LogP contribution is -2.51. The van der Waals surface area contributed by atoms with Gasteiger partial charge in [0.2, 0.25) is 10.0 Å². The minimum atomic E-state index is -3.52. The van der Waals surface area contributed by atoms with E-state index < -0.39 is 21.6 Å². The first-order valence-electron chi connectivity index (χ1n) is 13.2. The summed E-state index contributed by atoms with van der Waals surface area (Å²) < 4.78 is 27.8. The van der Waals surface area contributed by atoms with Crippen LogP contribution in [0.2, 0.25) is 0 Å². The monoisotopic (exact) mass is 529 g/mol. The molecule has 2 atom stereocenters. The number of carbonyl (C=O) groups is 3. The van der Waals surface area contributed by atoms with E-state index in [0.29, 0.717) is 36.8 Å². The number of urea groups is 1. The first kappa shape index (κ1) is 25.8. The van der Waals surface area contributed by atoms with Crippen molar-refractivity contribution in [3.8, 4) is 0 Å². The van der Waals surface area contributed by atoms with Gasteiger partial charge in [0.05, 0.1) is 18.0 Å². The van der Waals surface area contributed by atoms with Gasteiger partial charge in [-0.3, -0.25) is 14.6 Å². The van der Waals surface area contributed by atoms with E-state index in [9.17, 15) is 22.8 Å². The molecule has 0 bridgehead atoms. The van der Waals surface area contributed by atoms with E-state index in [0.717, 1.165) is 41.1 Å². The van der Waals surface area contributed by atoms with E-state index in [1.807, 2.05) is 6.92 Å². The van der Waals surface area contributed by atoms with Gasteiger partial charge < -0.3 is 10.6 Å². The molecular weight excluding hydrogens is 494 g/mol. The maximum absolute atomic E-state index is 13.1. The lowest BCUT2D eigenvalue weighted by atomic mass is 9.82. The number of benzene rings is 1. The number of hydrogen-bond donors (Lipinski definition) is 2. The molecule has 10 nitrogen and oxygen atoms in total. The summed E-state index contributed by atoms with van der Waals surface area (Å²) in [4.78, 5) is 42.8. The first-order chi connectivity index (χ1) is 17.6. The number of nitrogens with one attached hydrogen (secondary N) is 2. The zero-order chi connectivity index (χ0) is 26.4. The fourth-order valence-electron chi connectivity index (χ4n) is 6.04. The van der Waals surface area contributed by atoms with Gasteiger partial charge in [-0.15, -0.1) is 0 Å². The van der Waals surface area contributed by atoms with Crippen LogP contribution in [0.25, 0.3) is 0 Å². The van der Waals surface area contributed by atoms with Crippen molar-refractivity contribution in [3.05, 3.63) is 29.3 Å². The summed E-state index contributed by atoms with van der Waals surface area (Å²) in [6, 6.07) is 4.72. The highest BCUT2D eigenvalue weighted by Gasteiger charge is 2.48. The summed E-state index contributed by atoms with van der Waals surface area (Å²) in [5.74, 6) is 1.27. The number of amides is 4. The number of sulfonamides is 1. The van der Waals surface area contributed by atoms with Gasteiger partial charge in [-0.1, -0.05) is 25.8 Å². The molecule has 1 aromatic rings. The Balaban J connectivity index is 1.20. The van der Waals surface area contributed by atoms with E-state index in [1.54, 1.807) is 18.2 Å². The number of aryl methyl sites for hydroxylation is 2. The van der Waals surface area contributed by atoms with Crippen molar-refractivity contribution in [2.45, 2.75) is 64.3 Å². The Morgan fingerprint density at radius 2 is 1.89 bits per heavy atom. The molecule has 5 rings (SSSR count). The zero-order valence-corrected chi connectivity index (χ0v) is 22.3. The van der Waals surface area contributed by atoms with Crippen LogP contribution in [0.15, 0.2) is 23.2 Å². The van der Waals surface area contributed by atoms with Crippen molar-refractivity contribution < 1.29 is 22.8 Å². The fraction of sp³-hybridized carbons (Fsp3) is 0.615. The Labute approximate surface area is 217 Å². The van der Waals surface area contributed by atoms with E-state index in [1.165, 1.54) is 10.7 Å². The van der Waals surface area contributed by atoms with Crippen LogP contribution in [-0.4, -0.2) is 67.3 Å². The molecule has 2 N–H and O–H groups in total. The van der Waals surface area contributed by atoms with E-state index in [2.05, 4.69) is 17.6 Å². The van der Waals surface area contributed by atoms with Crippen molar-refractivity contribution in [2.24, 2.45) is 16.8 Å². The predicted octanol–water partition coefficient (Wildman–Crippen LogP) is 2.11. The van der Waals surface area contributed by atoms with Crippen molar-refractivity contribution in [2.75, 3.05) is 30.3 Å². The summed E-state index contributed by atoms with van der Waals surface area (Å²) in [5, 5.41) is 5.53. The van der Waals surface area contributed by atoms with Gasteiger partial charge in [-0.25, -0.2) is 22.4 Å². The highest BCUT2D eigenvalue weighted by atomic mass is 32.2. The summed E-state index contributed by atoms with van der Waals surface area (Å²) in [7, 11) is -3.52. The van der Waals surface area contributed by atoms with Crippen LogP contribution in [-0.2, 0) is 26.0 Å². The smallest absolute Gasteiger partial charge is 0.328 e. The van der Waals surface area contributed by atoms with Crippen LogP contribution >= 0.6 is 0 Å². The number of amidine groups is 1. The highest BCUT2D eigenvalue weighted by Crippen LogP contribution is 2.36. The topological polar surface area (TPSA) is 128 Å². The quantitative estimate of drug-likeness (QED) is 0.546. The number of nitrogens with zero attached hydrogens (tertiary/aromatic N) is 3. The summed E-state index contributed by atoms with van der Waals surface area (Å²) in [5.41, 5.74) is 1.30. The number of rotatable bonds is 6. The predicted molar refractivity (Wildman–Crippen MR) is 140 cm³/mol. The zero-order valence-electron chi connectivity index (χ0n) is 21.5. The second-order valence-electron chi connectivity index (χ2n) is 10.9. The molecule has 0 radical (unpaired) electrons. The van der Waals surface area contributed by atoms with Crippen molar-refractivity contribution in [1.29, 1.82) is 0 Å². The second-order valence-corrected chi connectivity index (χ2v) is 13.0. The van der Waals surface area contributed by atoms with Gasteiger partial charge in [0.15, 0.2) is 0 Å². The largest absolute Gasteiger partial charge is 0.329 e. The van der Waals surface area contributed by atoms with Crippen LogP contribution in [0, 0.1) is 18.8 Å². The highest BCUT2D eigenvalue weighted by molar-refractivity contribution is 7.89. The van der Waals surface area contributed by atoms with Gasteiger partial charge in [-0.2, -0.15) is 0 Å². The Hall–Kier alpha value is -2.79. The Morgan fingerprint density at radius 3 is 2.54 bits per heavy atom. The molecule has 200 valence electrons.